The van der Waals surface area contributed by atoms with E-state index in [1.807, 2.05) is 65.7 Å². The van der Waals surface area contributed by atoms with Crippen LogP contribution in [0.4, 0.5) is 0 Å². The summed E-state index contributed by atoms with van der Waals surface area (Å²) in [6.45, 7) is 0. The molecule has 1 saturated heterocycles. The monoisotopic (exact) mass is 340 g/mol. The molecule has 0 bridgehead atoms. The number of carbonyl (C=O) groups excluding carboxylic acids is 2. The summed E-state index contributed by atoms with van der Waals surface area (Å²) >= 11 is 0. The summed E-state index contributed by atoms with van der Waals surface area (Å²) in [5, 5.41) is 3.22. The SMILES string of the molecule is O=C1c2ccccc2C(=O)N1N1[C@H](c2ccccc2)[C@@H]1c1ccccc1. The first kappa shape index (κ1) is 15.0. The van der Waals surface area contributed by atoms with E-state index in [1.54, 1.807) is 24.3 Å². The summed E-state index contributed by atoms with van der Waals surface area (Å²) in [7, 11) is 0. The Morgan fingerprint density at radius 1 is 0.538 bits per heavy atom. The number of imide groups is 1. The van der Waals surface area contributed by atoms with Crippen LogP contribution in [0.2, 0.25) is 0 Å². The predicted octanol–water partition coefficient (Wildman–Crippen LogP) is 4.00. The van der Waals surface area contributed by atoms with Gasteiger partial charge in [-0.2, -0.15) is 5.01 Å². The average Bonchev–Trinajstić information content (AvgIpc) is 3.38. The fraction of sp³-hybridized carbons (Fsp3) is 0.0909. The molecule has 0 aliphatic carbocycles. The van der Waals surface area contributed by atoms with Gasteiger partial charge < -0.3 is 0 Å². The first-order valence-electron chi connectivity index (χ1n) is 8.63. The van der Waals surface area contributed by atoms with Crippen LogP contribution in [0.15, 0.2) is 84.9 Å². The van der Waals surface area contributed by atoms with Crippen molar-refractivity contribution < 1.29 is 9.59 Å². The zero-order valence-corrected chi connectivity index (χ0v) is 13.9. The molecule has 1 unspecified atom stereocenters. The van der Waals surface area contributed by atoms with Crippen molar-refractivity contribution in [2.75, 3.05) is 0 Å². The molecule has 3 atom stereocenters. The van der Waals surface area contributed by atoms with Crippen LogP contribution in [-0.2, 0) is 0 Å². The van der Waals surface area contributed by atoms with Crippen LogP contribution in [0.1, 0.15) is 43.9 Å². The molecule has 2 heterocycles. The lowest BCUT2D eigenvalue weighted by molar-refractivity contribution is 0.0341. The topological polar surface area (TPSA) is 40.4 Å². The van der Waals surface area contributed by atoms with Gasteiger partial charge in [0.1, 0.15) is 0 Å². The van der Waals surface area contributed by atoms with E-state index < -0.39 is 0 Å². The van der Waals surface area contributed by atoms with Crippen molar-refractivity contribution in [1.29, 1.82) is 0 Å². The molecule has 2 aliphatic rings. The van der Waals surface area contributed by atoms with Crippen LogP contribution in [-0.4, -0.2) is 21.8 Å². The fourth-order valence-corrected chi connectivity index (χ4v) is 3.83. The Hall–Kier alpha value is -3.24. The van der Waals surface area contributed by atoms with Crippen molar-refractivity contribution in [2.45, 2.75) is 12.1 Å². The Bertz CT molecular complexity index is 920. The van der Waals surface area contributed by atoms with Crippen LogP contribution < -0.4 is 0 Å². The van der Waals surface area contributed by atoms with E-state index in [1.165, 1.54) is 5.01 Å². The summed E-state index contributed by atoms with van der Waals surface area (Å²) in [6, 6.07) is 27.0. The highest BCUT2D eigenvalue weighted by molar-refractivity contribution is 6.21. The van der Waals surface area contributed by atoms with Gasteiger partial charge in [-0.25, -0.2) is 5.01 Å². The van der Waals surface area contributed by atoms with Gasteiger partial charge in [0, 0.05) is 0 Å². The second kappa shape index (κ2) is 5.64. The molecule has 26 heavy (non-hydrogen) atoms. The van der Waals surface area contributed by atoms with Gasteiger partial charge in [0.15, 0.2) is 0 Å². The molecule has 4 nitrogen and oxygen atoms in total. The molecule has 3 aromatic carbocycles. The Morgan fingerprint density at radius 2 is 0.923 bits per heavy atom. The summed E-state index contributed by atoms with van der Waals surface area (Å²) < 4.78 is 0. The van der Waals surface area contributed by atoms with Crippen molar-refractivity contribution in [2.24, 2.45) is 0 Å². The highest BCUT2D eigenvalue weighted by Gasteiger charge is 2.58. The van der Waals surface area contributed by atoms with E-state index in [-0.39, 0.29) is 23.9 Å². The smallest absolute Gasteiger partial charge is 0.267 e. The molecule has 3 aromatic rings. The molecule has 1 fully saturated rings. The van der Waals surface area contributed by atoms with Crippen molar-refractivity contribution in [3.8, 4) is 0 Å². The molecule has 0 radical (unpaired) electrons. The van der Waals surface area contributed by atoms with E-state index >= 15 is 0 Å². The first-order chi connectivity index (χ1) is 12.8. The number of nitrogens with zero attached hydrogens (tertiary/aromatic N) is 2. The number of benzene rings is 3. The third kappa shape index (κ3) is 2.13. The average molecular weight is 340 g/mol. The van der Waals surface area contributed by atoms with Gasteiger partial charge in [-0.15, -0.1) is 0 Å². The number of carbonyl (C=O) groups is 2. The molecule has 0 aromatic heterocycles. The van der Waals surface area contributed by atoms with Gasteiger partial charge in [0.05, 0.1) is 23.2 Å². The van der Waals surface area contributed by atoms with Crippen molar-refractivity contribution in [3.05, 3.63) is 107 Å². The van der Waals surface area contributed by atoms with Gasteiger partial charge in [-0.05, 0) is 23.3 Å². The Labute approximate surface area is 151 Å². The van der Waals surface area contributed by atoms with Crippen LogP contribution in [0, 0.1) is 0 Å². The molecule has 0 saturated carbocycles. The van der Waals surface area contributed by atoms with E-state index in [0.29, 0.717) is 11.1 Å². The molecule has 2 aliphatic heterocycles. The summed E-state index contributed by atoms with van der Waals surface area (Å²) in [6.07, 6.45) is 0. The minimum atomic E-state index is -0.245. The number of fused-ring (bicyclic) bond motifs is 1. The second-order valence-electron chi connectivity index (χ2n) is 6.56. The molecule has 126 valence electrons. The van der Waals surface area contributed by atoms with Crippen LogP contribution in [0.25, 0.3) is 0 Å². The molecule has 4 heteroatoms. The highest BCUT2D eigenvalue weighted by Crippen LogP contribution is 2.56. The number of hydrazine groups is 1. The summed E-state index contributed by atoms with van der Waals surface area (Å²) in [4.78, 5) is 25.8. The maximum Gasteiger partial charge on any atom is 0.276 e. The molecular weight excluding hydrogens is 324 g/mol. The van der Waals surface area contributed by atoms with E-state index in [4.69, 9.17) is 0 Å². The number of hydrogen-bond donors (Lipinski definition) is 0. The Balaban J connectivity index is 1.57. The molecule has 5 rings (SSSR count). The second-order valence-corrected chi connectivity index (χ2v) is 6.56. The molecule has 2 amide bonds. The quantitative estimate of drug-likeness (QED) is 0.534. The Morgan fingerprint density at radius 3 is 1.35 bits per heavy atom. The highest BCUT2D eigenvalue weighted by atomic mass is 16.2. The number of amides is 2. The Kier molecular flexibility index (Phi) is 3.27. The zero-order valence-electron chi connectivity index (χ0n) is 13.9. The van der Waals surface area contributed by atoms with E-state index in [0.717, 1.165) is 11.1 Å². The summed E-state index contributed by atoms with van der Waals surface area (Å²) in [5.41, 5.74) is 3.14. The van der Waals surface area contributed by atoms with Crippen LogP contribution in [0.3, 0.4) is 0 Å². The fourth-order valence-electron chi connectivity index (χ4n) is 3.83. The van der Waals surface area contributed by atoms with Crippen LogP contribution in [0.5, 0.6) is 0 Å². The van der Waals surface area contributed by atoms with Gasteiger partial charge in [-0.3, -0.25) is 9.59 Å². The number of hydrogen-bond acceptors (Lipinski definition) is 3. The minimum absolute atomic E-state index is 0.0270. The normalized spacial score (nSPS) is 23.8. The molecule has 0 N–H and O–H groups in total. The standard InChI is InChI=1S/C22H16N2O2/c25-21-17-13-7-8-14-18(17)22(26)24(21)23-19(15-9-3-1-4-10-15)20(23)16-11-5-2-6-12-16/h1-14,19-20H/t19-,20+,23?. The molecule has 0 spiro atoms. The maximum atomic E-state index is 12.9. The lowest BCUT2D eigenvalue weighted by Crippen LogP contribution is -2.35. The summed E-state index contributed by atoms with van der Waals surface area (Å²) in [5.74, 6) is -0.491. The maximum absolute atomic E-state index is 12.9. The third-order valence-electron chi connectivity index (χ3n) is 5.07. The lowest BCUT2D eigenvalue weighted by Gasteiger charge is -2.16. The van der Waals surface area contributed by atoms with Crippen LogP contribution >= 0.6 is 0 Å². The molecular formula is C22H16N2O2. The van der Waals surface area contributed by atoms with Gasteiger partial charge in [0.2, 0.25) is 0 Å². The van der Waals surface area contributed by atoms with E-state index in [9.17, 15) is 9.59 Å². The minimum Gasteiger partial charge on any atom is -0.267 e. The zero-order chi connectivity index (χ0) is 17.7. The van der Waals surface area contributed by atoms with Gasteiger partial charge >= 0.3 is 0 Å². The van der Waals surface area contributed by atoms with Gasteiger partial charge in [-0.1, -0.05) is 72.8 Å². The van der Waals surface area contributed by atoms with Crippen molar-refractivity contribution in [1.82, 2.24) is 10.0 Å². The number of rotatable bonds is 3. The van der Waals surface area contributed by atoms with Gasteiger partial charge in [0.25, 0.3) is 11.8 Å². The predicted molar refractivity (Wildman–Crippen MR) is 97.1 cm³/mol. The van der Waals surface area contributed by atoms with Crippen molar-refractivity contribution in [3.63, 3.8) is 0 Å². The third-order valence-corrected chi connectivity index (χ3v) is 5.07. The lowest BCUT2D eigenvalue weighted by atomic mass is 10.0. The van der Waals surface area contributed by atoms with Crippen molar-refractivity contribution >= 4 is 11.8 Å². The largest absolute Gasteiger partial charge is 0.276 e. The van der Waals surface area contributed by atoms with E-state index in [2.05, 4.69) is 0 Å². The first-order valence-corrected chi connectivity index (χ1v) is 8.63.